The Kier molecular flexibility index (Phi) is 7.14. The number of fused-ring (bicyclic) bond motifs is 1. The normalized spacial score (nSPS) is 13.6. The first-order chi connectivity index (χ1) is 20.0. The number of aromatic nitrogens is 3. The zero-order valence-electron chi connectivity index (χ0n) is 21.8. The molecule has 41 heavy (non-hydrogen) atoms. The lowest BCUT2D eigenvalue weighted by molar-refractivity contribution is -0.384. The highest BCUT2D eigenvalue weighted by Gasteiger charge is 2.27. The number of nitrogens with zero attached hydrogens (tertiary/aromatic N) is 5. The van der Waals surface area contributed by atoms with Crippen molar-refractivity contribution in [1.29, 1.82) is 0 Å². The fourth-order valence-corrected chi connectivity index (χ4v) is 4.78. The molecule has 3 aromatic carbocycles. The van der Waals surface area contributed by atoms with E-state index in [1.165, 1.54) is 30.6 Å². The number of hydrogen-bond acceptors (Lipinski definition) is 8. The van der Waals surface area contributed by atoms with E-state index in [1.807, 2.05) is 66.9 Å². The van der Waals surface area contributed by atoms with Gasteiger partial charge in [-0.3, -0.25) is 10.1 Å². The van der Waals surface area contributed by atoms with Crippen LogP contribution in [0.2, 0.25) is 0 Å². The molecule has 11 nitrogen and oxygen atoms in total. The Bertz CT molecular complexity index is 1660. The van der Waals surface area contributed by atoms with Crippen LogP contribution in [-0.4, -0.2) is 43.5 Å². The molecule has 1 fully saturated rings. The van der Waals surface area contributed by atoms with Crippen molar-refractivity contribution in [1.82, 2.24) is 19.4 Å². The maximum Gasteiger partial charge on any atom is 0.415 e. The topological polar surface area (TPSA) is 122 Å². The lowest BCUT2D eigenvalue weighted by atomic mass is 10.1. The molecule has 1 aliphatic rings. The summed E-state index contributed by atoms with van der Waals surface area (Å²) in [6.45, 7) is 0.978. The van der Waals surface area contributed by atoms with Gasteiger partial charge in [-0.25, -0.2) is 9.78 Å². The second-order valence-electron chi connectivity index (χ2n) is 9.46. The molecule has 0 radical (unpaired) electrons. The molecule has 1 saturated heterocycles. The van der Waals surface area contributed by atoms with Crippen LogP contribution in [0.4, 0.5) is 10.5 Å². The van der Waals surface area contributed by atoms with Crippen LogP contribution in [0.3, 0.4) is 0 Å². The first kappa shape index (κ1) is 25.8. The number of nitro groups is 1. The number of non-ortho nitro benzene ring substituents is 1. The first-order valence-electron chi connectivity index (χ1n) is 13.1. The minimum Gasteiger partial charge on any atom is -0.457 e. The summed E-state index contributed by atoms with van der Waals surface area (Å²) in [5.41, 5.74) is 1.48. The molecular weight excluding hydrogens is 526 g/mol. The molecular formula is C30H25N5O6. The van der Waals surface area contributed by atoms with Crippen molar-refractivity contribution in [2.75, 3.05) is 13.1 Å². The van der Waals surface area contributed by atoms with Gasteiger partial charge in [0.2, 0.25) is 5.88 Å². The van der Waals surface area contributed by atoms with E-state index in [1.54, 1.807) is 4.90 Å². The average Bonchev–Trinajstić information content (AvgIpc) is 3.44. The molecule has 6 rings (SSSR count). The monoisotopic (exact) mass is 551 g/mol. The van der Waals surface area contributed by atoms with Gasteiger partial charge in [0.15, 0.2) is 0 Å². The molecule has 0 bridgehead atoms. The number of nitro benzene ring substituents is 1. The van der Waals surface area contributed by atoms with E-state index in [9.17, 15) is 14.9 Å². The maximum atomic E-state index is 12.7. The summed E-state index contributed by atoms with van der Waals surface area (Å²) in [5.74, 6) is 2.76. The Balaban J connectivity index is 1.11. The fourth-order valence-electron chi connectivity index (χ4n) is 4.78. The molecule has 1 amide bonds. The van der Waals surface area contributed by atoms with Gasteiger partial charge in [0, 0.05) is 37.5 Å². The average molecular weight is 552 g/mol. The van der Waals surface area contributed by atoms with E-state index < -0.39 is 11.0 Å². The molecule has 0 spiro atoms. The summed E-state index contributed by atoms with van der Waals surface area (Å²) in [6.07, 6.45) is 4.35. The Morgan fingerprint density at radius 3 is 2.12 bits per heavy atom. The Morgan fingerprint density at radius 1 is 0.805 bits per heavy atom. The van der Waals surface area contributed by atoms with Crippen molar-refractivity contribution < 1.29 is 23.9 Å². The van der Waals surface area contributed by atoms with Gasteiger partial charge in [-0.15, -0.1) is 0 Å². The molecule has 2 aromatic heterocycles. The highest BCUT2D eigenvalue weighted by Crippen LogP contribution is 2.34. The van der Waals surface area contributed by atoms with Crippen LogP contribution in [0.1, 0.15) is 18.9 Å². The van der Waals surface area contributed by atoms with Gasteiger partial charge in [0.1, 0.15) is 34.8 Å². The highest BCUT2D eigenvalue weighted by atomic mass is 16.6. The number of likely N-dealkylation sites (tertiary alicyclic amines) is 1. The zero-order chi connectivity index (χ0) is 28.2. The van der Waals surface area contributed by atoms with Crippen molar-refractivity contribution in [2.24, 2.45) is 0 Å². The lowest BCUT2D eigenvalue weighted by Gasteiger charge is -2.32. The summed E-state index contributed by atoms with van der Waals surface area (Å²) < 4.78 is 19.6. The summed E-state index contributed by atoms with van der Waals surface area (Å²) in [5, 5.41) is 10.8. The molecule has 0 aliphatic carbocycles. The van der Waals surface area contributed by atoms with Crippen LogP contribution in [0.25, 0.3) is 11.0 Å². The standard InChI is InChI=1S/C30H25N5O6/c36-30(41-26-8-6-22(7-9-26)35(37)38)33-17-14-21(15-18-33)34-19-16-27-28(34)29(32-20-31-27)40-25-12-10-24(11-13-25)39-23-4-2-1-3-5-23/h1-13,16,19-21H,14-15,17-18H2. The number of carbonyl (C=O) groups is 1. The molecule has 0 unspecified atom stereocenters. The minimum absolute atomic E-state index is 0.0639. The number of hydrogen-bond donors (Lipinski definition) is 0. The third-order valence-electron chi connectivity index (χ3n) is 6.85. The van der Waals surface area contributed by atoms with Gasteiger partial charge in [0.25, 0.3) is 5.69 Å². The predicted molar refractivity (Wildman–Crippen MR) is 150 cm³/mol. The van der Waals surface area contributed by atoms with Gasteiger partial charge < -0.3 is 23.7 Å². The molecule has 206 valence electrons. The number of ether oxygens (including phenoxy) is 3. The Labute approximate surface area is 234 Å². The Hall–Kier alpha value is -5.45. The van der Waals surface area contributed by atoms with Crippen LogP contribution in [0, 0.1) is 10.1 Å². The van der Waals surface area contributed by atoms with E-state index in [4.69, 9.17) is 14.2 Å². The summed E-state index contributed by atoms with van der Waals surface area (Å²) in [7, 11) is 0. The molecule has 3 heterocycles. The van der Waals surface area contributed by atoms with Crippen molar-refractivity contribution in [2.45, 2.75) is 18.9 Å². The minimum atomic E-state index is -0.499. The number of piperidine rings is 1. The SMILES string of the molecule is O=C(Oc1ccc([N+](=O)[O-])cc1)N1CCC(n2ccc3ncnc(Oc4ccc(Oc5ccccc5)cc4)c32)CC1. The van der Waals surface area contributed by atoms with Crippen LogP contribution in [0.5, 0.6) is 28.9 Å². The molecule has 0 atom stereocenters. The largest absolute Gasteiger partial charge is 0.457 e. The van der Waals surface area contributed by atoms with Crippen LogP contribution >= 0.6 is 0 Å². The fraction of sp³-hybridized carbons (Fsp3) is 0.167. The molecule has 0 N–H and O–H groups in total. The van der Waals surface area contributed by atoms with Crippen molar-refractivity contribution in [3.8, 4) is 28.9 Å². The smallest absolute Gasteiger partial charge is 0.415 e. The first-order valence-corrected chi connectivity index (χ1v) is 13.1. The number of para-hydroxylation sites is 1. The second-order valence-corrected chi connectivity index (χ2v) is 9.46. The van der Waals surface area contributed by atoms with Crippen LogP contribution in [0.15, 0.2) is 97.5 Å². The van der Waals surface area contributed by atoms with Gasteiger partial charge in [0.05, 0.1) is 10.4 Å². The number of carbonyl (C=O) groups excluding carboxylic acids is 1. The van der Waals surface area contributed by atoms with Gasteiger partial charge in [-0.1, -0.05) is 18.2 Å². The van der Waals surface area contributed by atoms with Crippen molar-refractivity contribution in [3.63, 3.8) is 0 Å². The quantitative estimate of drug-likeness (QED) is 0.161. The Morgan fingerprint density at radius 2 is 1.44 bits per heavy atom. The summed E-state index contributed by atoms with van der Waals surface area (Å²) in [6, 6.07) is 24.4. The molecule has 11 heteroatoms. The van der Waals surface area contributed by atoms with Gasteiger partial charge in [-0.05, 0) is 67.4 Å². The van der Waals surface area contributed by atoms with Crippen molar-refractivity contribution >= 4 is 22.8 Å². The number of amides is 1. The van der Waals surface area contributed by atoms with Gasteiger partial charge in [-0.2, -0.15) is 4.98 Å². The number of rotatable bonds is 7. The third kappa shape index (κ3) is 5.78. The second kappa shape index (κ2) is 11.3. The van der Waals surface area contributed by atoms with E-state index in [-0.39, 0.29) is 17.5 Å². The molecule has 0 saturated carbocycles. The van der Waals surface area contributed by atoms with E-state index in [0.717, 1.165) is 16.8 Å². The summed E-state index contributed by atoms with van der Waals surface area (Å²) in [4.78, 5) is 33.5. The van der Waals surface area contributed by atoms with E-state index >= 15 is 0 Å². The van der Waals surface area contributed by atoms with E-state index in [2.05, 4.69) is 14.5 Å². The van der Waals surface area contributed by atoms with Gasteiger partial charge >= 0.3 is 6.09 Å². The van der Waals surface area contributed by atoms with Crippen LogP contribution < -0.4 is 14.2 Å². The predicted octanol–water partition coefficient (Wildman–Crippen LogP) is 6.76. The molecule has 5 aromatic rings. The van der Waals surface area contributed by atoms with E-state index in [0.29, 0.717) is 43.3 Å². The lowest BCUT2D eigenvalue weighted by Crippen LogP contribution is -2.40. The summed E-state index contributed by atoms with van der Waals surface area (Å²) >= 11 is 0. The van der Waals surface area contributed by atoms with Crippen LogP contribution in [-0.2, 0) is 0 Å². The molecule has 1 aliphatic heterocycles. The number of benzene rings is 3. The van der Waals surface area contributed by atoms with Crippen molar-refractivity contribution in [3.05, 3.63) is 108 Å². The zero-order valence-corrected chi connectivity index (χ0v) is 21.8. The highest BCUT2D eigenvalue weighted by molar-refractivity contribution is 5.81. The maximum absolute atomic E-state index is 12.7. The third-order valence-corrected chi connectivity index (χ3v) is 6.85.